The predicted molar refractivity (Wildman–Crippen MR) is 72.5 cm³/mol. The molecule has 0 radical (unpaired) electrons. The van der Waals surface area contributed by atoms with Crippen molar-refractivity contribution >= 4 is 21.4 Å². The van der Waals surface area contributed by atoms with Crippen molar-refractivity contribution in [3.63, 3.8) is 0 Å². The summed E-state index contributed by atoms with van der Waals surface area (Å²) in [6, 6.07) is 6.65. The van der Waals surface area contributed by atoms with Crippen molar-refractivity contribution in [1.82, 2.24) is 15.5 Å². The van der Waals surface area contributed by atoms with Gasteiger partial charge in [-0.15, -0.1) is 11.3 Å². The van der Waals surface area contributed by atoms with E-state index in [0.717, 1.165) is 21.5 Å². The smallest absolute Gasteiger partial charge is 0.268 e. The number of nitrogens with one attached hydrogen (secondary N) is 1. The fourth-order valence-electron chi connectivity index (χ4n) is 1.77. The lowest BCUT2D eigenvalue weighted by molar-refractivity contribution is 0.420. The Hall–Kier alpha value is -1.79. The highest BCUT2D eigenvalue weighted by atomic mass is 32.1. The maximum absolute atomic E-state index is 13.1. The molecule has 3 rings (SSSR count). The Morgan fingerprint density at radius 1 is 1.37 bits per heavy atom. The quantitative estimate of drug-likeness (QED) is 0.795. The first-order valence-electron chi connectivity index (χ1n) is 5.99. The van der Waals surface area contributed by atoms with Gasteiger partial charge in [0.25, 0.3) is 5.89 Å². The monoisotopic (exact) mass is 277 g/mol. The van der Waals surface area contributed by atoms with Gasteiger partial charge in [0.05, 0.1) is 11.4 Å². The second kappa shape index (κ2) is 5.07. The number of fused-ring (bicyclic) bond motifs is 1. The lowest BCUT2D eigenvalue weighted by Crippen LogP contribution is -2.12. The van der Waals surface area contributed by atoms with E-state index in [9.17, 15) is 4.39 Å². The molecular weight excluding hydrogens is 265 g/mol. The van der Waals surface area contributed by atoms with E-state index in [1.165, 1.54) is 23.5 Å². The summed E-state index contributed by atoms with van der Waals surface area (Å²) in [5, 5.41) is 8.01. The molecule has 19 heavy (non-hydrogen) atoms. The lowest BCUT2D eigenvalue weighted by Gasteiger charge is -1.92. The fourth-order valence-corrected chi connectivity index (χ4v) is 2.78. The first-order valence-corrected chi connectivity index (χ1v) is 6.80. The van der Waals surface area contributed by atoms with Crippen molar-refractivity contribution in [3.8, 4) is 10.8 Å². The second-order valence-electron chi connectivity index (χ2n) is 4.09. The van der Waals surface area contributed by atoms with E-state index >= 15 is 0 Å². The number of nitrogens with zero attached hydrogens (tertiary/aromatic N) is 2. The molecule has 98 valence electrons. The van der Waals surface area contributed by atoms with E-state index in [-0.39, 0.29) is 5.82 Å². The van der Waals surface area contributed by atoms with Crippen LogP contribution in [0.4, 0.5) is 4.39 Å². The van der Waals surface area contributed by atoms with Gasteiger partial charge in [-0.1, -0.05) is 18.1 Å². The lowest BCUT2D eigenvalue weighted by atomic mass is 10.2. The molecule has 2 aromatic heterocycles. The van der Waals surface area contributed by atoms with Gasteiger partial charge in [0, 0.05) is 4.70 Å². The Balaban J connectivity index is 1.92. The molecule has 6 heteroatoms. The zero-order valence-corrected chi connectivity index (χ0v) is 11.1. The molecule has 0 spiro atoms. The van der Waals surface area contributed by atoms with Crippen molar-refractivity contribution in [2.45, 2.75) is 13.5 Å². The Kier molecular flexibility index (Phi) is 3.27. The third-order valence-corrected chi connectivity index (χ3v) is 3.78. The van der Waals surface area contributed by atoms with Gasteiger partial charge >= 0.3 is 0 Å². The average molecular weight is 277 g/mol. The molecule has 0 aliphatic heterocycles. The number of hydrogen-bond donors (Lipinski definition) is 1. The van der Waals surface area contributed by atoms with Gasteiger partial charge in [-0.3, -0.25) is 0 Å². The van der Waals surface area contributed by atoms with Crippen molar-refractivity contribution in [3.05, 3.63) is 35.9 Å². The maximum Gasteiger partial charge on any atom is 0.268 e. The molecule has 0 atom stereocenters. The summed E-state index contributed by atoms with van der Waals surface area (Å²) < 4.78 is 19.2. The van der Waals surface area contributed by atoms with Crippen LogP contribution in [0.1, 0.15) is 12.7 Å². The normalized spacial score (nSPS) is 11.3. The van der Waals surface area contributed by atoms with E-state index in [1.807, 2.05) is 13.0 Å². The number of thiophene rings is 1. The minimum absolute atomic E-state index is 0.237. The van der Waals surface area contributed by atoms with Crippen LogP contribution < -0.4 is 5.32 Å². The van der Waals surface area contributed by atoms with Crippen LogP contribution in [0.25, 0.3) is 20.9 Å². The first-order chi connectivity index (χ1) is 9.26. The van der Waals surface area contributed by atoms with Gasteiger partial charge in [0.2, 0.25) is 0 Å². The van der Waals surface area contributed by atoms with E-state index in [1.54, 1.807) is 6.07 Å². The van der Waals surface area contributed by atoms with Gasteiger partial charge in [-0.25, -0.2) is 4.39 Å². The second-order valence-corrected chi connectivity index (χ2v) is 5.17. The van der Waals surface area contributed by atoms with Crippen molar-refractivity contribution in [1.29, 1.82) is 0 Å². The first kappa shape index (κ1) is 12.3. The van der Waals surface area contributed by atoms with Crippen molar-refractivity contribution in [2.75, 3.05) is 6.54 Å². The van der Waals surface area contributed by atoms with Crippen LogP contribution >= 0.6 is 11.3 Å². The standard InChI is InChI=1S/C13H12FN3OS/c1-2-15-7-12-16-13(18-17-12)11-5-8-3-4-9(14)6-10(8)19-11/h3-6,15H,2,7H2,1H3. The Bertz CT molecular complexity index is 707. The predicted octanol–water partition coefficient (Wildman–Crippen LogP) is 3.20. The molecule has 0 unspecified atom stereocenters. The number of rotatable bonds is 4. The summed E-state index contributed by atoms with van der Waals surface area (Å²) in [7, 11) is 0. The zero-order chi connectivity index (χ0) is 13.2. The Morgan fingerprint density at radius 3 is 3.11 bits per heavy atom. The number of aromatic nitrogens is 2. The summed E-state index contributed by atoms with van der Waals surface area (Å²) in [5.74, 6) is 0.870. The highest BCUT2D eigenvalue weighted by Gasteiger charge is 2.12. The van der Waals surface area contributed by atoms with Crippen molar-refractivity contribution in [2.24, 2.45) is 0 Å². The SMILES string of the molecule is CCNCc1noc(-c2cc3ccc(F)cc3s2)n1. The molecule has 1 N–H and O–H groups in total. The summed E-state index contributed by atoms with van der Waals surface area (Å²) >= 11 is 1.45. The Morgan fingerprint density at radius 2 is 2.26 bits per heavy atom. The third-order valence-electron chi connectivity index (χ3n) is 2.69. The molecule has 0 aliphatic carbocycles. The summed E-state index contributed by atoms with van der Waals surface area (Å²) in [4.78, 5) is 5.17. The van der Waals surface area contributed by atoms with Crippen LogP contribution in [0, 0.1) is 5.82 Å². The molecule has 0 saturated heterocycles. The van der Waals surface area contributed by atoms with E-state index in [2.05, 4.69) is 15.5 Å². The van der Waals surface area contributed by atoms with E-state index < -0.39 is 0 Å². The molecule has 3 aromatic rings. The van der Waals surface area contributed by atoms with Gasteiger partial charge < -0.3 is 9.84 Å². The topological polar surface area (TPSA) is 51.0 Å². The highest BCUT2D eigenvalue weighted by Crippen LogP contribution is 2.32. The molecular formula is C13H12FN3OS. The minimum atomic E-state index is -0.237. The van der Waals surface area contributed by atoms with E-state index in [0.29, 0.717) is 18.3 Å². The van der Waals surface area contributed by atoms with Gasteiger partial charge in [-0.05, 0) is 30.1 Å². The molecule has 0 amide bonds. The van der Waals surface area contributed by atoms with E-state index in [4.69, 9.17) is 4.52 Å². The highest BCUT2D eigenvalue weighted by molar-refractivity contribution is 7.22. The van der Waals surface area contributed by atoms with Gasteiger partial charge in [-0.2, -0.15) is 4.98 Å². The van der Waals surface area contributed by atoms with Crippen LogP contribution in [0.2, 0.25) is 0 Å². The molecule has 0 aliphatic rings. The average Bonchev–Trinajstić information content (AvgIpc) is 3.01. The summed E-state index contributed by atoms with van der Waals surface area (Å²) in [6.45, 7) is 3.45. The number of benzene rings is 1. The fraction of sp³-hybridized carbons (Fsp3) is 0.231. The minimum Gasteiger partial charge on any atom is -0.333 e. The molecule has 2 heterocycles. The van der Waals surface area contributed by atoms with Gasteiger partial charge in [0.1, 0.15) is 5.82 Å². The summed E-state index contributed by atoms with van der Waals surface area (Å²) in [5.41, 5.74) is 0. The molecule has 0 saturated carbocycles. The van der Waals surface area contributed by atoms with Crippen LogP contribution in [0.15, 0.2) is 28.8 Å². The molecule has 4 nitrogen and oxygen atoms in total. The van der Waals surface area contributed by atoms with Crippen molar-refractivity contribution < 1.29 is 8.91 Å². The number of hydrogen-bond acceptors (Lipinski definition) is 5. The van der Waals surface area contributed by atoms with Crippen LogP contribution in [0.5, 0.6) is 0 Å². The Labute approximate surface area is 113 Å². The van der Waals surface area contributed by atoms with Gasteiger partial charge in [0.15, 0.2) is 5.82 Å². The zero-order valence-electron chi connectivity index (χ0n) is 10.3. The maximum atomic E-state index is 13.1. The van der Waals surface area contributed by atoms with Crippen LogP contribution in [-0.4, -0.2) is 16.7 Å². The number of halogens is 1. The molecule has 1 aromatic carbocycles. The van der Waals surface area contributed by atoms with Crippen LogP contribution in [0.3, 0.4) is 0 Å². The molecule has 0 bridgehead atoms. The largest absolute Gasteiger partial charge is 0.333 e. The van der Waals surface area contributed by atoms with Crippen LogP contribution in [-0.2, 0) is 6.54 Å². The third kappa shape index (κ3) is 2.50. The summed E-state index contributed by atoms with van der Waals surface area (Å²) in [6.07, 6.45) is 0. The molecule has 0 fully saturated rings.